The van der Waals surface area contributed by atoms with Gasteiger partial charge in [0.25, 0.3) is 5.56 Å². The van der Waals surface area contributed by atoms with Gasteiger partial charge in [0.1, 0.15) is 18.3 Å². The number of aliphatic hydroxyl groups is 3. The van der Waals surface area contributed by atoms with Gasteiger partial charge in [-0.1, -0.05) is 0 Å². The van der Waals surface area contributed by atoms with Crippen LogP contribution >= 0.6 is 0 Å². The van der Waals surface area contributed by atoms with E-state index in [9.17, 15) is 20.1 Å². The number of ether oxygens (including phenoxy) is 1. The van der Waals surface area contributed by atoms with Crippen LogP contribution in [0.2, 0.25) is 0 Å². The molecule has 2 aromatic rings. The van der Waals surface area contributed by atoms with Gasteiger partial charge in [-0.05, 0) is 0 Å². The summed E-state index contributed by atoms with van der Waals surface area (Å²) in [4.78, 5) is 28.5. The molecule has 3 rings (SSSR count). The molecule has 0 amide bonds. The zero-order chi connectivity index (χ0) is 17.4. The Morgan fingerprint density at radius 2 is 2.21 bits per heavy atom. The average Bonchev–Trinajstić information content (AvgIpc) is 3.08. The van der Waals surface area contributed by atoms with Crippen molar-refractivity contribution in [2.75, 3.05) is 20.7 Å². The third-order valence-corrected chi connectivity index (χ3v) is 3.62. The lowest BCUT2D eigenvalue weighted by Gasteiger charge is -2.16. The van der Waals surface area contributed by atoms with E-state index in [1.165, 1.54) is 17.2 Å². The Labute approximate surface area is 135 Å². The highest BCUT2D eigenvalue weighted by atomic mass is 16.6. The number of aliphatic hydroxyl groups excluding tert-OH is 3. The first-order chi connectivity index (χ1) is 11.4. The van der Waals surface area contributed by atoms with E-state index < -0.39 is 36.7 Å². The monoisotopic (exact) mass is 338 g/mol. The second kappa shape index (κ2) is 6.28. The fourth-order valence-electron chi connectivity index (χ4n) is 2.44. The van der Waals surface area contributed by atoms with Crippen molar-refractivity contribution in [2.45, 2.75) is 24.5 Å². The third-order valence-electron chi connectivity index (χ3n) is 3.62. The largest absolute Gasteiger partial charge is 0.394 e. The molecule has 0 unspecified atom stereocenters. The highest BCUT2D eigenvalue weighted by Crippen LogP contribution is 2.30. The van der Waals surface area contributed by atoms with E-state index in [1.807, 2.05) is 0 Å². The van der Waals surface area contributed by atoms with Gasteiger partial charge in [-0.3, -0.25) is 14.3 Å². The maximum absolute atomic E-state index is 12.1. The molecule has 3 heterocycles. The number of aromatic amines is 1. The number of hydrogen-bond acceptors (Lipinski definition) is 8. The quantitative estimate of drug-likeness (QED) is 0.368. The predicted molar refractivity (Wildman–Crippen MR) is 83.0 cm³/mol. The van der Waals surface area contributed by atoms with Crippen molar-refractivity contribution in [3.8, 4) is 0 Å². The van der Waals surface area contributed by atoms with Crippen molar-refractivity contribution >= 4 is 23.5 Å². The number of imidazole rings is 1. The number of nitrogens with zero attached hydrogens (tertiary/aromatic N) is 5. The van der Waals surface area contributed by atoms with Crippen LogP contribution in [0.5, 0.6) is 0 Å². The summed E-state index contributed by atoms with van der Waals surface area (Å²) in [5.41, 5.74) is -0.285. The zero-order valence-electron chi connectivity index (χ0n) is 13.1. The molecule has 0 bridgehead atoms. The Bertz CT molecular complexity index is 815. The van der Waals surface area contributed by atoms with Gasteiger partial charge in [-0.25, -0.2) is 9.98 Å². The highest BCUT2D eigenvalue weighted by molar-refractivity contribution is 5.71. The molecule has 11 heteroatoms. The zero-order valence-corrected chi connectivity index (χ0v) is 13.1. The molecule has 11 nitrogen and oxygen atoms in total. The second-order valence-electron chi connectivity index (χ2n) is 5.65. The molecule has 1 aliphatic heterocycles. The number of nitrogens with one attached hydrogen (secondary N) is 1. The van der Waals surface area contributed by atoms with Crippen molar-refractivity contribution in [1.82, 2.24) is 24.4 Å². The highest BCUT2D eigenvalue weighted by Gasteiger charge is 2.44. The van der Waals surface area contributed by atoms with Crippen LogP contribution in [0.4, 0.5) is 5.95 Å². The minimum Gasteiger partial charge on any atom is -0.394 e. The van der Waals surface area contributed by atoms with E-state index in [0.717, 1.165) is 0 Å². The Morgan fingerprint density at radius 3 is 2.83 bits per heavy atom. The van der Waals surface area contributed by atoms with Crippen molar-refractivity contribution < 1.29 is 20.1 Å². The lowest BCUT2D eigenvalue weighted by atomic mass is 10.1. The van der Waals surface area contributed by atoms with Gasteiger partial charge >= 0.3 is 0 Å². The molecular formula is C13H18N6O5. The maximum atomic E-state index is 12.1. The summed E-state index contributed by atoms with van der Waals surface area (Å²) in [6, 6.07) is 0. The maximum Gasteiger partial charge on any atom is 0.280 e. The molecule has 4 N–H and O–H groups in total. The summed E-state index contributed by atoms with van der Waals surface area (Å²) in [5, 5.41) is 29.2. The number of H-pyrrole nitrogens is 1. The van der Waals surface area contributed by atoms with Gasteiger partial charge in [0.15, 0.2) is 17.4 Å². The Hall–Kier alpha value is -2.34. The van der Waals surface area contributed by atoms with Crippen LogP contribution in [0, 0.1) is 0 Å². The minimum absolute atomic E-state index is 0.0524. The van der Waals surface area contributed by atoms with Crippen LogP contribution in [-0.2, 0) is 4.74 Å². The predicted octanol–water partition coefficient (Wildman–Crippen LogP) is -2.05. The molecule has 0 saturated carbocycles. The standard InChI is InChI=1S/C13H18N6O5/c1-18(2)4-15-13-16-10-7(11(23)17-13)14-5-19(10)12-9(22)8(21)6(3-20)24-12/h4-6,8-9,12,20-22H,3H2,1-2H3,(H,16,17,23)/b15-4+/t6-,8-,9-,12-/m0/s1. The van der Waals surface area contributed by atoms with Crippen molar-refractivity contribution in [1.29, 1.82) is 0 Å². The van der Waals surface area contributed by atoms with Gasteiger partial charge < -0.3 is 25.0 Å². The summed E-state index contributed by atoms with van der Waals surface area (Å²) in [7, 11) is 3.53. The van der Waals surface area contributed by atoms with Crippen LogP contribution < -0.4 is 5.56 Å². The molecular weight excluding hydrogens is 320 g/mol. The van der Waals surface area contributed by atoms with Crippen molar-refractivity contribution in [3.05, 3.63) is 16.7 Å². The Kier molecular flexibility index (Phi) is 4.32. The second-order valence-corrected chi connectivity index (χ2v) is 5.65. The molecule has 4 atom stereocenters. The van der Waals surface area contributed by atoms with Crippen LogP contribution in [-0.4, -0.2) is 85.1 Å². The summed E-state index contributed by atoms with van der Waals surface area (Å²) in [5.74, 6) is 0.0645. The number of fused-ring (bicyclic) bond motifs is 1. The molecule has 24 heavy (non-hydrogen) atoms. The molecule has 0 aliphatic carbocycles. The van der Waals surface area contributed by atoms with Crippen LogP contribution in [0.25, 0.3) is 11.2 Å². The molecule has 1 aliphatic rings. The summed E-state index contributed by atoms with van der Waals surface area (Å²) in [6.07, 6.45) is -1.76. The van der Waals surface area contributed by atoms with Gasteiger partial charge in [0.05, 0.1) is 19.3 Å². The minimum atomic E-state index is -1.30. The van der Waals surface area contributed by atoms with E-state index in [-0.39, 0.29) is 17.1 Å². The molecule has 0 spiro atoms. The molecule has 2 aromatic heterocycles. The van der Waals surface area contributed by atoms with Crippen LogP contribution in [0.3, 0.4) is 0 Å². The van der Waals surface area contributed by atoms with Crippen LogP contribution in [0.1, 0.15) is 6.23 Å². The van der Waals surface area contributed by atoms with Crippen molar-refractivity contribution in [2.24, 2.45) is 4.99 Å². The van der Waals surface area contributed by atoms with E-state index in [1.54, 1.807) is 19.0 Å². The number of aliphatic imine (C=N–C) groups is 1. The normalized spacial score (nSPS) is 27.4. The van der Waals surface area contributed by atoms with Gasteiger partial charge in [0.2, 0.25) is 5.95 Å². The smallest absolute Gasteiger partial charge is 0.280 e. The summed E-state index contributed by atoms with van der Waals surface area (Å²) in [6.45, 7) is -0.451. The SMILES string of the molecule is CN(C)/C=N/c1nc2c(ncn2[C@H]2O[C@@H](CO)[C@H](O)[C@@H]2O)c(=O)[nH]1. The van der Waals surface area contributed by atoms with Crippen LogP contribution in [0.15, 0.2) is 16.1 Å². The first kappa shape index (κ1) is 16.5. The van der Waals surface area contributed by atoms with Gasteiger partial charge in [-0.15, -0.1) is 0 Å². The number of rotatable bonds is 4. The fraction of sp³-hybridized carbons (Fsp3) is 0.538. The van der Waals surface area contributed by atoms with E-state index >= 15 is 0 Å². The molecule has 1 saturated heterocycles. The lowest BCUT2D eigenvalue weighted by Crippen LogP contribution is -2.33. The molecule has 0 radical (unpaired) electrons. The average molecular weight is 338 g/mol. The first-order valence-corrected chi connectivity index (χ1v) is 7.22. The molecule has 1 fully saturated rings. The third kappa shape index (κ3) is 2.78. The summed E-state index contributed by atoms with van der Waals surface area (Å²) < 4.78 is 6.78. The summed E-state index contributed by atoms with van der Waals surface area (Å²) >= 11 is 0. The Morgan fingerprint density at radius 1 is 1.46 bits per heavy atom. The topological polar surface area (TPSA) is 149 Å². The van der Waals surface area contributed by atoms with E-state index in [4.69, 9.17) is 4.74 Å². The first-order valence-electron chi connectivity index (χ1n) is 7.22. The Balaban J connectivity index is 2.05. The fourth-order valence-corrected chi connectivity index (χ4v) is 2.44. The van der Waals surface area contributed by atoms with E-state index in [2.05, 4.69) is 19.9 Å². The van der Waals surface area contributed by atoms with Gasteiger partial charge in [0, 0.05) is 14.1 Å². The number of hydrogen-bond donors (Lipinski definition) is 4. The lowest BCUT2D eigenvalue weighted by molar-refractivity contribution is -0.0511. The molecule has 130 valence electrons. The van der Waals surface area contributed by atoms with Crippen molar-refractivity contribution in [3.63, 3.8) is 0 Å². The number of aromatic nitrogens is 4. The van der Waals surface area contributed by atoms with Gasteiger partial charge in [-0.2, -0.15) is 4.98 Å². The van der Waals surface area contributed by atoms with E-state index in [0.29, 0.717) is 0 Å². The molecule has 0 aromatic carbocycles.